The van der Waals surface area contributed by atoms with E-state index in [2.05, 4.69) is 0 Å². The van der Waals surface area contributed by atoms with Crippen molar-refractivity contribution in [1.82, 2.24) is 0 Å². The Kier molecular flexibility index (Phi) is 3.14. The molecule has 1 aliphatic heterocycles. The number of nitrogens with zero attached hydrogens (tertiary/aromatic N) is 2. The molecule has 1 aromatic rings. The largest absolute Gasteiger partial charge is 0.481 e. The quantitative estimate of drug-likeness (QED) is 0.467. The van der Waals surface area contributed by atoms with E-state index in [1.54, 1.807) is 0 Å². The van der Waals surface area contributed by atoms with Crippen LogP contribution in [0.1, 0.15) is 0 Å². The van der Waals surface area contributed by atoms with Gasteiger partial charge in [0.1, 0.15) is 0 Å². The van der Waals surface area contributed by atoms with Gasteiger partial charge in [0.25, 0.3) is 11.6 Å². The van der Waals surface area contributed by atoms with Crippen molar-refractivity contribution >= 4 is 28.9 Å². The third-order valence-electron chi connectivity index (χ3n) is 2.41. The number of carbonyl (C=O) groups is 1. The van der Waals surface area contributed by atoms with Crippen LogP contribution in [0.2, 0.25) is 0 Å². The summed E-state index contributed by atoms with van der Waals surface area (Å²) in [6.45, 7) is 0.236. The molecule has 2 rings (SSSR count). The Bertz CT molecular complexity index is 477. The third-order valence-corrected chi connectivity index (χ3v) is 2.57. The van der Waals surface area contributed by atoms with Gasteiger partial charge in [-0.3, -0.25) is 14.9 Å². The van der Waals surface area contributed by atoms with Gasteiger partial charge < -0.3 is 9.64 Å². The summed E-state index contributed by atoms with van der Waals surface area (Å²) in [6.07, 6.45) is 0. The zero-order chi connectivity index (χ0) is 12.4. The predicted octanol–water partition coefficient (Wildman–Crippen LogP) is 1.56. The van der Waals surface area contributed by atoms with Gasteiger partial charge >= 0.3 is 0 Å². The van der Waals surface area contributed by atoms with Crippen molar-refractivity contribution in [3.63, 3.8) is 0 Å². The average molecular weight is 257 g/mol. The van der Waals surface area contributed by atoms with Crippen LogP contribution in [0.25, 0.3) is 0 Å². The molecule has 7 heteroatoms. The Morgan fingerprint density at radius 2 is 2.29 bits per heavy atom. The van der Waals surface area contributed by atoms with E-state index < -0.39 is 4.92 Å². The molecule has 1 aromatic carbocycles. The Morgan fingerprint density at radius 3 is 2.94 bits per heavy atom. The van der Waals surface area contributed by atoms with Crippen LogP contribution in [0.4, 0.5) is 11.4 Å². The van der Waals surface area contributed by atoms with Crippen LogP contribution in [-0.4, -0.2) is 29.9 Å². The molecule has 90 valence electrons. The van der Waals surface area contributed by atoms with E-state index in [0.29, 0.717) is 23.9 Å². The number of alkyl halides is 1. The molecule has 0 bridgehead atoms. The molecule has 0 unspecified atom stereocenters. The SMILES string of the molecule is O=C1COc2cc([N+](=O)[O-])ccc2N1CCCl. The smallest absolute Gasteiger partial charge is 0.273 e. The second-order valence-electron chi connectivity index (χ2n) is 3.43. The first-order valence-corrected chi connectivity index (χ1v) is 5.44. The molecule has 0 saturated carbocycles. The molecule has 0 N–H and O–H groups in total. The molecule has 1 heterocycles. The minimum atomic E-state index is -0.508. The van der Waals surface area contributed by atoms with Gasteiger partial charge in [-0.05, 0) is 6.07 Å². The van der Waals surface area contributed by atoms with Gasteiger partial charge in [0.15, 0.2) is 12.4 Å². The van der Waals surface area contributed by atoms with Gasteiger partial charge in [-0.15, -0.1) is 11.6 Å². The molecule has 0 aromatic heterocycles. The van der Waals surface area contributed by atoms with E-state index in [1.165, 1.54) is 23.1 Å². The van der Waals surface area contributed by atoms with Gasteiger partial charge in [-0.2, -0.15) is 0 Å². The lowest BCUT2D eigenvalue weighted by Gasteiger charge is -2.28. The van der Waals surface area contributed by atoms with Crippen molar-refractivity contribution in [3.8, 4) is 5.75 Å². The highest BCUT2D eigenvalue weighted by atomic mass is 35.5. The molecule has 0 atom stereocenters. The fourth-order valence-electron chi connectivity index (χ4n) is 1.64. The predicted molar refractivity (Wildman–Crippen MR) is 61.7 cm³/mol. The molecule has 0 fully saturated rings. The molecule has 17 heavy (non-hydrogen) atoms. The summed E-state index contributed by atoms with van der Waals surface area (Å²) in [7, 11) is 0. The van der Waals surface area contributed by atoms with Gasteiger partial charge in [0, 0.05) is 18.5 Å². The normalized spacial score (nSPS) is 14.2. The molecule has 6 nitrogen and oxygen atoms in total. The second-order valence-corrected chi connectivity index (χ2v) is 3.81. The first-order valence-electron chi connectivity index (χ1n) is 4.91. The number of carbonyl (C=O) groups excluding carboxylic acids is 1. The molecule has 0 spiro atoms. The Morgan fingerprint density at radius 1 is 1.53 bits per heavy atom. The van der Waals surface area contributed by atoms with Crippen molar-refractivity contribution in [1.29, 1.82) is 0 Å². The molecule has 0 radical (unpaired) electrons. The van der Waals surface area contributed by atoms with Crippen LogP contribution in [0, 0.1) is 10.1 Å². The van der Waals surface area contributed by atoms with Crippen LogP contribution >= 0.6 is 11.6 Å². The number of non-ortho nitro benzene ring substituents is 1. The lowest BCUT2D eigenvalue weighted by molar-refractivity contribution is -0.384. The van der Waals surface area contributed by atoms with Crippen LogP contribution in [0.5, 0.6) is 5.75 Å². The molecule has 1 amide bonds. The Labute approximate surface area is 102 Å². The molecule has 0 saturated heterocycles. The summed E-state index contributed by atoms with van der Waals surface area (Å²) < 4.78 is 5.16. The molecule has 0 aliphatic carbocycles. The maximum atomic E-state index is 11.6. The highest BCUT2D eigenvalue weighted by molar-refractivity contribution is 6.18. The number of hydrogen-bond donors (Lipinski definition) is 0. The third kappa shape index (κ3) is 2.16. The van der Waals surface area contributed by atoms with Gasteiger partial charge in [-0.1, -0.05) is 0 Å². The van der Waals surface area contributed by atoms with Crippen molar-refractivity contribution in [2.24, 2.45) is 0 Å². The number of nitro benzene ring substituents is 1. The molecular weight excluding hydrogens is 248 g/mol. The summed E-state index contributed by atoms with van der Waals surface area (Å²) >= 11 is 5.61. The summed E-state index contributed by atoms with van der Waals surface area (Å²) in [5.41, 5.74) is 0.455. The first kappa shape index (κ1) is 11.7. The van der Waals surface area contributed by atoms with Crippen LogP contribution in [0.3, 0.4) is 0 Å². The van der Waals surface area contributed by atoms with Crippen LogP contribution < -0.4 is 9.64 Å². The van der Waals surface area contributed by atoms with Crippen molar-refractivity contribution in [2.45, 2.75) is 0 Å². The Balaban J connectivity index is 2.40. The topological polar surface area (TPSA) is 72.7 Å². The maximum Gasteiger partial charge on any atom is 0.273 e. The number of rotatable bonds is 3. The molecule has 1 aliphatic rings. The number of halogens is 1. The highest BCUT2D eigenvalue weighted by Crippen LogP contribution is 2.34. The fraction of sp³-hybridized carbons (Fsp3) is 0.300. The van der Waals surface area contributed by atoms with Crippen molar-refractivity contribution in [2.75, 3.05) is 23.9 Å². The number of fused-ring (bicyclic) bond motifs is 1. The lowest BCUT2D eigenvalue weighted by Crippen LogP contribution is -2.39. The highest BCUT2D eigenvalue weighted by Gasteiger charge is 2.26. The minimum Gasteiger partial charge on any atom is -0.481 e. The van der Waals surface area contributed by atoms with Crippen LogP contribution in [0.15, 0.2) is 18.2 Å². The van der Waals surface area contributed by atoms with E-state index >= 15 is 0 Å². The van der Waals surface area contributed by atoms with Gasteiger partial charge in [0.2, 0.25) is 0 Å². The summed E-state index contributed by atoms with van der Waals surface area (Å²) in [6, 6.07) is 4.14. The summed E-state index contributed by atoms with van der Waals surface area (Å²) in [5, 5.41) is 10.6. The van der Waals surface area contributed by atoms with Crippen molar-refractivity contribution < 1.29 is 14.5 Å². The van der Waals surface area contributed by atoms with E-state index in [-0.39, 0.29) is 18.2 Å². The number of anilines is 1. The fourth-order valence-corrected chi connectivity index (χ4v) is 1.81. The Hall–Kier alpha value is -1.82. The monoisotopic (exact) mass is 256 g/mol. The first-order chi connectivity index (χ1) is 8.13. The van der Waals surface area contributed by atoms with E-state index in [9.17, 15) is 14.9 Å². The lowest BCUT2D eigenvalue weighted by atomic mass is 10.2. The maximum absolute atomic E-state index is 11.6. The number of ether oxygens (including phenoxy) is 1. The zero-order valence-electron chi connectivity index (χ0n) is 8.76. The number of nitro groups is 1. The van der Waals surface area contributed by atoms with E-state index in [0.717, 1.165) is 0 Å². The summed E-state index contributed by atoms with van der Waals surface area (Å²) in [5.74, 6) is 0.429. The number of benzene rings is 1. The van der Waals surface area contributed by atoms with Crippen LogP contribution in [-0.2, 0) is 4.79 Å². The van der Waals surface area contributed by atoms with Crippen molar-refractivity contribution in [3.05, 3.63) is 28.3 Å². The van der Waals surface area contributed by atoms with Gasteiger partial charge in [-0.25, -0.2) is 0 Å². The summed E-state index contributed by atoms with van der Waals surface area (Å²) in [4.78, 5) is 23.1. The number of hydrogen-bond acceptors (Lipinski definition) is 4. The number of amides is 1. The van der Waals surface area contributed by atoms with E-state index in [4.69, 9.17) is 16.3 Å². The average Bonchev–Trinajstić information content (AvgIpc) is 2.32. The van der Waals surface area contributed by atoms with E-state index in [1.807, 2.05) is 0 Å². The second kappa shape index (κ2) is 4.58. The molecular formula is C10H9ClN2O4. The zero-order valence-corrected chi connectivity index (χ0v) is 9.51. The standard InChI is InChI=1S/C10H9ClN2O4/c11-3-4-12-8-2-1-7(13(15)16)5-9(8)17-6-10(12)14/h1-2,5H,3-4,6H2. The minimum absolute atomic E-state index is 0.0658. The van der Waals surface area contributed by atoms with Gasteiger partial charge in [0.05, 0.1) is 16.7 Å².